The van der Waals surface area contributed by atoms with Crippen LogP contribution in [0.4, 0.5) is 10.5 Å². The Morgan fingerprint density at radius 3 is 2.37 bits per heavy atom. The van der Waals surface area contributed by atoms with E-state index in [2.05, 4.69) is 5.32 Å². The number of halogens is 2. The summed E-state index contributed by atoms with van der Waals surface area (Å²) in [4.78, 5) is 13.9. The van der Waals surface area contributed by atoms with E-state index in [4.69, 9.17) is 28.9 Å². The summed E-state index contributed by atoms with van der Waals surface area (Å²) in [5.74, 6) is 0.532. The first kappa shape index (κ1) is 14.4. The van der Waals surface area contributed by atoms with Crippen molar-refractivity contribution in [2.75, 3.05) is 25.0 Å². The van der Waals surface area contributed by atoms with Crippen LogP contribution in [0.5, 0.6) is 0 Å². The third-order valence-corrected chi connectivity index (χ3v) is 3.79. The van der Waals surface area contributed by atoms with Gasteiger partial charge in [0, 0.05) is 28.8 Å². The SMILES string of the molecule is NCC1CCN(C(=O)Nc2cc(Cl)cc(Cl)c2)CC1. The van der Waals surface area contributed by atoms with Crippen LogP contribution in [0.1, 0.15) is 12.8 Å². The summed E-state index contributed by atoms with van der Waals surface area (Å²) in [7, 11) is 0. The first-order chi connectivity index (χ1) is 9.08. The molecule has 1 aliphatic heterocycles. The second-order valence-electron chi connectivity index (χ2n) is 4.75. The van der Waals surface area contributed by atoms with Gasteiger partial charge in [-0.2, -0.15) is 0 Å². The summed E-state index contributed by atoms with van der Waals surface area (Å²) in [5.41, 5.74) is 6.25. The van der Waals surface area contributed by atoms with Crippen LogP contribution < -0.4 is 11.1 Å². The maximum absolute atomic E-state index is 12.1. The zero-order valence-corrected chi connectivity index (χ0v) is 12.0. The number of benzene rings is 1. The minimum Gasteiger partial charge on any atom is -0.330 e. The Morgan fingerprint density at radius 1 is 1.26 bits per heavy atom. The molecule has 1 aromatic carbocycles. The lowest BCUT2D eigenvalue weighted by Crippen LogP contribution is -2.42. The van der Waals surface area contributed by atoms with E-state index in [1.165, 1.54) is 0 Å². The van der Waals surface area contributed by atoms with Gasteiger partial charge in [-0.3, -0.25) is 0 Å². The Morgan fingerprint density at radius 2 is 1.84 bits per heavy atom. The molecule has 3 N–H and O–H groups in total. The van der Waals surface area contributed by atoms with Gasteiger partial charge in [0.2, 0.25) is 0 Å². The Balaban J connectivity index is 1.94. The first-order valence-corrected chi connectivity index (χ1v) is 7.06. The van der Waals surface area contributed by atoms with Crippen molar-refractivity contribution < 1.29 is 4.79 Å². The molecule has 2 amide bonds. The molecule has 0 bridgehead atoms. The fourth-order valence-electron chi connectivity index (χ4n) is 2.20. The topological polar surface area (TPSA) is 58.4 Å². The highest BCUT2D eigenvalue weighted by atomic mass is 35.5. The van der Waals surface area contributed by atoms with Crippen molar-refractivity contribution in [2.24, 2.45) is 11.7 Å². The fraction of sp³-hybridized carbons (Fsp3) is 0.462. The van der Waals surface area contributed by atoms with E-state index in [-0.39, 0.29) is 6.03 Å². The van der Waals surface area contributed by atoms with Crippen LogP contribution in [0.15, 0.2) is 18.2 Å². The molecule has 0 spiro atoms. The van der Waals surface area contributed by atoms with E-state index in [1.807, 2.05) is 0 Å². The maximum Gasteiger partial charge on any atom is 0.321 e. The van der Waals surface area contributed by atoms with Gasteiger partial charge in [-0.1, -0.05) is 23.2 Å². The molecule has 0 aromatic heterocycles. The third kappa shape index (κ3) is 4.00. The monoisotopic (exact) mass is 301 g/mol. The minimum atomic E-state index is -0.117. The van der Waals surface area contributed by atoms with Gasteiger partial charge in [-0.05, 0) is 43.5 Å². The number of hydrogen-bond donors (Lipinski definition) is 2. The Labute approximate surface area is 122 Å². The van der Waals surface area contributed by atoms with Crippen molar-refractivity contribution in [1.29, 1.82) is 0 Å². The van der Waals surface area contributed by atoms with Crippen LogP contribution in [0.3, 0.4) is 0 Å². The zero-order chi connectivity index (χ0) is 13.8. The van der Waals surface area contributed by atoms with Crippen molar-refractivity contribution in [3.63, 3.8) is 0 Å². The normalized spacial score (nSPS) is 16.5. The predicted molar refractivity (Wildman–Crippen MR) is 78.8 cm³/mol. The van der Waals surface area contributed by atoms with Crippen molar-refractivity contribution >= 4 is 34.9 Å². The molecule has 0 aliphatic carbocycles. The van der Waals surface area contributed by atoms with Crippen LogP contribution in [-0.4, -0.2) is 30.6 Å². The predicted octanol–water partition coefficient (Wildman–Crippen LogP) is 3.20. The van der Waals surface area contributed by atoms with Crippen molar-refractivity contribution in [2.45, 2.75) is 12.8 Å². The lowest BCUT2D eigenvalue weighted by molar-refractivity contribution is 0.184. The summed E-state index contributed by atoms with van der Waals surface area (Å²) >= 11 is 11.8. The Kier molecular flexibility index (Phi) is 4.91. The van der Waals surface area contributed by atoms with E-state index >= 15 is 0 Å². The molecule has 104 valence electrons. The molecule has 0 radical (unpaired) electrons. The molecule has 1 saturated heterocycles. The molecular weight excluding hydrogens is 285 g/mol. The van der Waals surface area contributed by atoms with Gasteiger partial charge < -0.3 is 16.0 Å². The lowest BCUT2D eigenvalue weighted by Gasteiger charge is -2.31. The fourth-order valence-corrected chi connectivity index (χ4v) is 2.73. The van der Waals surface area contributed by atoms with Crippen LogP contribution in [0.2, 0.25) is 10.0 Å². The average Bonchev–Trinajstić information content (AvgIpc) is 2.37. The molecule has 1 aromatic rings. The van der Waals surface area contributed by atoms with Crippen molar-refractivity contribution in [3.05, 3.63) is 28.2 Å². The number of anilines is 1. The van der Waals surface area contributed by atoms with Crippen molar-refractivity contribution in [1.82, 2.24) is 4.90 Å². The van der Waals surface area contributed by atoms with E-state index in [0.29, 0.717) is 28.2 Å². The van der Waals surface area contributed by atoms with Gasteiger partial charge >= 0.3 is 6.03 Å². The second kappa shape index (κ2) is 6.46. The number of likely N-dealkylation sites (tertiary alicyclic amines) is 1. The summed E-state index contributed by atoms with van der Waals surface area (Å²) in [6.07, 6.45) is 1.92. The number of carbonyl (C=O) groups excluding carboxylic acids is 1. The lowest BCUT2D eigenvalue weighted by atomic mass is 9.97. The number of nitrogens with one attached hydrogen (secondary N) is 1. The summed E-state index contributed by atoms with van der Waals surface area (Å²) < 4.78 is 0. The molecule has 2 rings (SSSR count). The Bertz CT molecular complexity index is 439. The van der Waals surface area contributed by atoms with Crippen LogP contribution in [0, 0.1) is 5.92 Å². The molecule has 0 saturated carbocycles. The number of rotatable bonds is 2. The van der Waals surface area contributed by atoms with Gasteiger partial charge in [0.05, 0.1) is 0 Å². The number of nitrogens with two attached hydrogens (primary N) is 1. The number of hydrogen-bond acceptors (Lipinski definition) is 2. The first-order valence-electron chi connectivity index (χ1n) is 6.30. The van der Waals surface area contributed by atoms with Gasteiger partial charge in [-0.25, -0.2) is 4.79 Å². The number of piperidine rings is 1. The van der Waals surface area contributed by atoms with Gasteiger partial charge in [0.25, 0.3) is 0 Å². The Hall–Kier alpha value is -0.970. The van der Waals surface area contributed by atoms with Gasteiger partial charge in [0.1, 0.15) is 0 Å². The van der Waals surface area contributed by atoms with Gasteiger partial charge in [-0.15, -0.1) is 0 Å². The van der Waals surface area contributed by atoms with E-state index in [1.54, 1.807) is 23.1 Å². The molecule has 1 heterocycles. The second-order valence-corrected chi connectivity index (χ2v) is 5.63. The third-order valence-electron chi connectivity index (χ3n) is 3.35. The quantitative estimate of drug-likeness (QED) is 0.881. The molecular formula is C13H17Cl2N3O. The molecule has 0 atom stereocenters. The highest BCUT2D eigenvalue weighted by Gasteiger charge is 2.21. The van der Waals surface area contributed by atoms with E-state index in [9.17, 15) is 4.79 Å². The standard InChI is InChI=1S/C13H17Cl2N3O/c14-10-5-11(15)7-12(6-10)17-13(19)18-3-1-9(8-16)2-4-18/h5-7,9H,1-4,8,16H2,(H,17,19). The average molecular weight is 302 g/mol. The molecule has 4 nitrogen and oxygen atoms in total. The molecule has 19 heavy (non-hydrogen) atoms. The van der Waals surface area contributed by atoms with Gasteiger partial charge in [0.15, 0.2) is 0 Å². The number of amides is 2. The summed E-state index contributed by atoms with van der Waals surface area (Å²) in [6, 6.07) is 4.87. The summed E-state index contributed by atoms with van der Waals surface area (Å²) in [6.45, 7) is 2.17. The highest BCUT2D eigenvalue weighted by Crippen LogP contribution is 2.23. The minimum absolute atomic E-state index is 0.117. The summed E-state index contributed by atoms with van der Waals surface area (Å²) in [5, 5.41) is 3.82. The maximum atomic E-state index is 12.1. The van der Waals surface area contributed by atoms with Crippen LogP contribution in [0.25, 0.3) is 0 Å². The molecule has 1 aliphatic rings. The highest BCUT2D eigenvalue weighted by molar-refractivity contribution is 6.35. The van der Waals surface area contributed by atoms with Crippen LogP contribution in [-0.2, 0) is 0 Å². The number of urea groups is 1. The smallest absolute Gasteiger partial charge is 0.321 e. The van der Waals surface area contributed by atoms with Crippen molar-refractivity contribution in [3.8, 4) is 0 Å². The molecule has 1 fully saturated rings. The largest absolute Gasteiger partial charge is 0.330 e. The number of nitrogens with zero attached hydrogens (tertiary/aromatic N) is 1. The molecule has 6 heteroatoms. The van der Waals surface area contributed by atoms with Crippen LogP contribution >= 0.6 is 23.2 Å². The molecule has 0 unspecified atom stereocenters. The van der Waals surface area contributed by atoms with E-state index in [0.717, 1.165) is 25.9 Å². The zero-order valence-electron chi connectivity index (χ0n) is 10.5. The number of carbonyl (C=O) groups is 1. The van der Waals surface area contributed by atoms with E-state index < -0.39 is 0 Å².